The van der Waals surface area contributed by atoms with Gasteiger partial charge in [-0.3, -0.25) is 4.79 Å². The van der Waals surface area contributed by atoms with E-state index < -0.39 is 6.04 Å². The lowest BCUT2D eigenvalue weighted by Gasteiger charge is -2.29. The lowest BCUT2D eigenvalue weighted by Crippen LogP contribution is -2.48. The number of amides is 1. The average Bonchev–Trinajstić information content (AvgIpc) is 3.93. The van der Waals surface area contributed by atoms with Crippen molar-refractivity contribution >= 4 is 49.6 Å². The molecule has 4 heterocycles. The Morgan fingerprint density at radius 3 is 2.45 bits per heavy atom. The van der Waals surface area contributed by atoms with E-state index in [1.54, 1.807) is 14.2 Å². The molecule has 0 bridgehead atoms. The number of fused-ring (bicyclic) bond motifs is 6. The number of carbonyl (C=O) groups excluding carboxylic acids is 1. The summed E-state index contributed by atoms with van der Waals surface area (Å²) in [7, 11) is 3.22. The molecule has 12 nitrogen and oxygen atoms in total. The smallest absolute Gasteiger partial charge is 0.242 e. The number of aromatic amines is 2. The molecule has 1 unspecified atom stereocenters. The molecule has 0 radical (unpaired) electrons. The molecule has 1 saturated heterocycles. The largest absolute Gasteiger partial charge is 0.354 e. The summed E-state index contributed by atoms with van der Waals surface area (Å²) in [4.78, 5) is 48.5. The van der Waals surface area contributed by atoms with E-state index in [1.165, 1.54) is 0 Å². The number of nitrogens with zero attached hydrogens (tertiary/aromatic N) is 4. The summed E-state index contributed by atoms with van der Waals surface area (Å²) in [5.41, 5.74) is 18.8. The molecule has 4 atom stereocenters. The molecule has 6 N–H and O–H groups in total. The number of hydrogen-bond acceptors (Lipinski definition) is 9. The predicted octanol–water partition coefficient (Wildman–Crippen LogP) is 7.03. The van der Waals surface area contributed by atoms with Crippen LogP contribution in [0.15, 0.2) is 54.6 Å². The van der Waals surface area contributed by atoms with Crippen LogP contribution in [0.1, 0.15) is 83.4 Å². The minimum absolute atomic E-state index is 0.0412. The molecule has 53 heavy (non-hydrogen) atoms. The Morgan fingerprint density at radius 2 is 1.70 bits per heavy atom. The summed E-state index contributed by atoms with van der Waals surface area (Å²) >= 11 is 0. The minimum Gasteiger partial charge on any atom is -0.354 e. The normalized spacial score (nSPS) is 16.9. The van der Waals surface area contributed by atoms with E-state index in [4.69, 9.17) is 30.4 Å². The Morgan fingerprint density at radius 1 is 0.906 bits per heavy atom. The number of aromatic nitrogens is 5. The van der Waals surface area contributed by atoms with Crippen LogP contribution in [-0.2, 0) is 14.5 Å². The Labute approximate surface area is 310 Å². The van der Waals surface area contributed by atoms with Crippen LogP contribution in [0.5, 0.6) is 0 Å². The number of pyridine rings is 1. The predicted molar refractivity (Wildman–Crippen MR) is 211 cm³/mol. The van der Waals surface area contributed by atoms with E-state index in [9.17, 15) is 4.79 Å². The Kier molecular flexibility index (Phi) is 11.0. The molecule has 7 rings (SSSR count). The second-order valence-electron chi connectivity index (χ2n) is 15.1. The summed E-state index contributed by atoms with van der Waals surface area (Å²) < 4.78 is 0. The highest BCUT2D eigenvalue weighted by atomic mass is 16.6. The molecule has 6 aromatic rings. The first-order valence-electron chi connectivity index (χ1n) is 19.0. The van der Waals surface area contributed by atoms with Crippen LogP contribution in [0.3, 0.4) is 0 Å². The fourth-order valence-electron chi connectivity index (χ4n) is 7.92. The first kappa shape index (κ1) is 36.9. The number of likely N-dealkylation sites (tertiary alicyclic amines) is 1. The molecular formula is C41H53N9O3. The average molecular weight is 720 g/mol. The van der Waals surface area contributed by atoms with Crippen molar-refractivity contribution in [1.82, 2.24) is 40.8 Å². The van der Waals surface area contributed by atoms with Gasteiger partial charge in [0, 0.05) is 40.5 Å². The fourth-order valence-corrected chi connectivity index (χ4v) is 7.92. The van der Waals surface area contributed by atoms with Crippen LogP contribution >= 0.6 is 0 Å². The van der Waals surface area contributed by atoms with Crippen molar-refractivity contribution < 1.29 is 14.5 Å². The molecule has 0 aliphatic carbocycles. The molecule has 1 aliphatic rings. The summed E-state index contributed by atoms with van der Waals surface area (Å²) in [6.07, 6.45) is 4.51. The second kappa shape index (κ2) is 15.9. The van der Waals surface area contributed by atoms with Gasteiger partial charge in [-0.25, -0.2) is 15.0 Å². The number of H-pyrrole nitrogens is 2. The van der Waals surface area contributed by atoms with Gasteiger partial charge in [-0.1, -0.05) is 45.9 Å². The van der Waals surface area contributed by atoms with Crippen LogP contribution in [0.4, 0.5) is 0 Å². The quantitative estimate of drug-likeness (QED) is 0.0702. The van der Waals surface area contributed by atoms with Gasteiger partial charge < -0.3 is 30.3 Å². The number of nitrogens with two attached hydrogens (primary N) is 1. The minimum atomic E-state index is -0.414. The lowest BCUT2D eigenvalue weighted by atomic mass is 9.89. The van der Waals surface area contributed by atoms with Crippen molar-refractivity contribution in [2.45, 2.75) is 83.8 Å². The van der Waals surface area contributed by atoms with E-state index in [0.29, 0.717) is 19.0 Å². The van der Waals surface area contributed by atoms with Crippen LogP contribution in [0.2, 0.25) is 0 Å². The van der Waals surface area contributed by atoms with Gasteiger partial charge in [-0.15, -0.1) is 0 Å². The van der Waals surface area contributed by atoms with Crippen LogP contribution in [0.25, 0.3) is 55.0 Å². The van der Waals surface area contributed by atoms with Gasteiger partial charge in [0.1, 0.15) is 23.2 Å². The Hall–Kier alpha value is -4.46. The first-order chi connectivity index (χ1) is 25.7. The summed E-state index contributed by atoms with van der Waals surface area (Å²) in [6.45, 7) is 9.78. The van der Waals surface area contributed by atoms with Gasteiger partial charge in [-0.2, -0.15) is 11.0 Å². The van der Waals surface area contributed by atoms with Gasteiger partial charge >= 0.3 is 0 Å². The zero-order chi connectivity index (χ0) is 37.2. The number of rotatable bonds is 15. The van der Waals surface area contributed by atoms with E-state index >= 15 is 0 Å². The summed E-state index contributed by atoms with van der Waals surface area (Å²) in [5, 5.41) is 3.21. The highest BCUT2D eigenvalue weighted by molar-refractivity contribution is 6.06. The van der Waals surface area contributed by atoms with E-state index in [-0.39, 0.29) is 29.8 Å². The molecule has 1 amide bonds. The highest BCUT2D eigenvalue weighted by Gasteiger charge is 2.37. The molecular weight excluding hydrogens is 667 g/mol. The van der Waals surface area contributed by atoms with Crippen LogP contribution in [0, 0.1) is 11.8 Å². The molecule has 3 aromatic carbocycles. The highest BCUT2D eigenvalue weighted by Crippen LogP contribution is 2.36. The molecule has 0 spiro atoms. The number of hydrogen-bond donors (Lipinski definition) is 5. The van der Waals surface area contributed by atoms with Crippen molar-refractivity contribution in [3.63, 3.8) is 0 Å². The van der Waals surface area contributed by atoms with Gasteiger partial charge in [-0.05, 0) is 97.8 Å². The SMILES string of the molecule is CON[C@H](C(=O)N1CCC[C@H]1c1nc2c(ccc3cc(-c4ccc5c(ccc6nc(C(CCCN)C[C@@H](NOC)C(C)C)nc65)[nH]4)ccc32)[nH]1)C(C)C. The number of imidazole rings is 2. The molecule has 280 valence electrons. The molecule has 1 fully saturated rings. The third kappa shape index (κ3) is 7.39. The number of benzene rings is 3. The summed E-state index contributed by atoms with van der Waals surface area (Å²) in [6, 6.07) is 18.8. The lowest BCUT2D eigenvalue weighted by molar-refractivity contribution is -0.139. The first-order valence-corrected chi connectivity index (χ1v) is 19.0. The van der Waals surface area contributed by atoms with E-state index in [1.807, 2.05) is 18.7 Å². The van der Waals surface area contributed by atoms with Gasteiger partial charge in [0.2, 0.25) is 5.91 Å². The van der Waals surface area contributed by atoms with Gasteiger partial charge in [0.15, 0.2) is 0 Å². The third-order valence-electron chi connectivity index (χ3n) is 10.9. The van der Waals surface area contributed by atoms with Crippen molar-refractivity contribution in [3.8, 4) is 11.3 Å². The van der Waals surface area contributed by atoms with Gasteiger partial charge in [0.05, 0.1) is 36.8 Å². The van der Waals surface area contributed by atoms with E-state index in [2.05, 4.69) is 89.4 Å². The van der Waals surface area contributed by atoms with Crippen LogP contribution in [-0.4, -0.2) is 75.1 Å². The fraction of sp³-hybridized carbons (Fsp3) is 0.463. The zero-order valence-electron chi connectivity index (χ0n) is 31.7. The molecule has 1 aliphatic heterocycles. The molecule has 0 saturated carbocycles. The van der Waals surface area contributed by atoms with Crippen molar-refractivity contribution in [3.05, 3.63) is 66.2 Å². The Balaban J connectivity index is 1.17. The van der Waals surface area contributed by atoms with Gasteiger partial charge in [0.25, 0.3) is 0 Å². The van der Waals surface area contributed by atoms with Crippen molar-refractivity contribution in [2.75, 3.05) is 27.3 Å². The monoisotopic (exact) mass is 719 g/mol. The maximum atomic E-state index is 13.6. The maximum absolute atomic E-state index is 13.6. The molecule has 12 heteroatoms. The van der Waals surface area contributed by atoms with Crippen molar-refractivity contribution in [2.24, 2.45) is 17.6 Å². The Bertz CT molecular complexity index is 2210. The number of carbonyl (C=O) groups is 1. The summed E-state index contributed by atoms with van der Waals surface area (Å²) in [5.74, 6) is 2.39. The molecule has 3 aromatic heterocycles. The topological polar surface area (TPSA) is 159 Å². The zero-order valence-corrected chi connectivity index (χ0v) is 31.7. The maximum Gasteiger partial charge on any atom is 0.242 e. The standard InChI is InChI=1S/C41H53N9O3/c1-23(2)34(48-52-5)22-27(9-7-19-42)39-44-33-18-17-31-29(38(33)46-39)14-16-30(43-31)26-11-13-28-25(21-26)12-15-32-37(28)47-40(45-32)35-10-8-20-50(35)41(51)36(24(3)4)49-53-6/h11-18,21,23-24,27,34-36,43,48-49H,7-10,19-20,22,42H2,1-6H3,(H,45,47)/t27?,34-,35+,36+/m1/s1. The van der Waals surface area contributed by atoms with E-state index in [0.717, 1.165) is 98.8 Å². The third-order valence-corrected chi connectivity index (χ3v) is 10.9. The number of hydroxylamine groups is 2. The number of nitrogens with one attached hydrogen (secondary N) is 4. The van der Waals surface area contributed by atoms with Crippen molar-refractivity contribution in [1.29, 1.82) is 0 Å². The van der Waals surface area contributed by atoms with Crippen LogP contribution < -0.4 is 16.7 Å². The second-order valence-corrected chi connectivity index (χ2v) is 15.1.